The van der Waals surface area contributed by atoms with Crippen LogP contribution in [0.4, 0.5) is 0 Å². The topological polar surface area (TPSA) is 15.3 Å². The Morgan fingerprint density at radius 2 is 1.82 bits per heavy atom. The molecule has 1 N–H and O–H groups in total. The van der Waals surface area contributed by atoms with Gasteiger partial charge in [-0.1, -0.05) is 20.8 Å². The molecule has 0 saturated carbocycles. The first-order chi connectivity index (χ1) is 5.35. The van der Waals surface area contributed by atoms with Crippen LogP contribution in [-0.4, -0.2) is 37.6 Å². The van der Waals surface area contributed by atoms with E-state index in [1.807, 2.05) is 0 Å². The maximum Gasteiger partial charge on any atom is 0.0107 e. The van der Waals surface area contributed by atoms with Crippen LogP contribution >= 0.6 is 0 Å². The second kappa shape index (κ2) is 8.02. The third kappa shape index (κ3) is 6.32. The van der Waals surface area contributed by atoms with E-state index in [0.717, 1.165) is 39.1 Å². The third-order valence-electron chi connectivity index (χ3n) is 1.85. The van der Waals surface area contributed by atoms with Crippen molar-refractivity contribution in [1.82, 2.24) is 10.2 Å². The molecule has 0 aliphatic rings. The normalized spacial score (nSPS) is 10.9. The van der Waals surface area contributed by atoms with Crippen molar-refractivity contribution in [2.45, 2.75) is 20.3 Å². The fourth-order valence-electron chi connectivity index (χ4n) is 1.03. The summed E-state index contributed by atoms with van der Waals surface area (Å²) in [6.07, 6.45) is 0.984. The molecule has 0 rings (SSSR count). The van der Waals surface area contributed by atoms with Gasteiger partial charge in [0.25, 0.3) is 0 Å². The highest BCUT2D eigenvalue weighted by atomic mass is 15.1. The van der Waals surface area contributed by atoms with E-state index in [0.29, 0.717) is 0 Å². The van der Waals surface area contributed by atoms with Gasteiger partial charge in [0.15, 0.2) is 0 Å². The number of hydrogen-bond acceptors (Lipinski definition) is 2. The number of likely N-dealkylation sites (N-methyl/N-ethyl adjacent to an activating group) is 1. The molecule has 1 radical (unpaired) electrons. The lowest BCUT2D eigenvalue weighted by atomic mass is 10.4. The maximum atomic E-state index is 3.77. The summed E-state index contributed by atoms with van der Waals surface area (Å²) in [6.45, 7) is 13.8. The summed E-state index contributed by atoms with van der Waals surface area (Å²) >= 11 is 0. The van der Waals surface area contributed by atoms with Gasteiger partial charge in [0.2, 0.25) is 0 Å². The lowest BCUT2D eigenvalue weighted by Crippen LogP contribution is -2.32. The number of rotatable bonds is 7. The average molecular weight is 157 g/mol. The van der Waals surface area contributed by atoms with E-state index in [1.54, 1.807) is 0 Å². The molecule has 0 aromatic carbocycles. The molecular formula is C9H21N2. The molecule has 0 spiro atoms. The Morgan fingerprint density at radius 1 is 1.18 bits per heavy atom. The quantitative estimate of drug-likeness (QED) is 0.558. The predicted molar refractivity (Wildman–Crippen MR) is 50.6 cm³/mol. The van der Waals surface area contributed by atoms with Crippen LogP contribution < -0.4 is 5.32 Å². The van der Waals surface area contributed by atoms with Crippen LogP contribution in [-0.2, 0) is 0 Å². The van der Waals surface area contributed by atoms with Gasteiger partial charge in [-0.15, -0.1) is 0 Å². The Balaban J connectivity index is 3.07. The van der Waals surface area contributed by atoms with Crippen molar-refractivity contribution < 1.29 is 0 Å². The number of nitrogens with one attached hydrogen (secondary N) is 1. The number of hydrogen-bond donors (Lipinski definition) is 1. The minimum atomic E-state index is 0.984. The van der Waals surface area contributed by atoms with Gasteiger partial charge in [-0.2, -0.15) is 0 Å². The molecule has 0 amide bonds. The van der Waals surface area contributed by atoms with Crippen molar-refractivity contribution in [3.05, 3.63) is 6.92 Å². The molecule has 0 saturated heterocycles. The molecule has 2 heteroatoms. The molecule has 0 heterocycles. The molecule has 0 unspecified atom stereocenters. The van der Waals surface area contributed by atoms with E-state index >= 15 is 0 Å². The van der Waals surface area contributed by atoms with Gasteiger partial charge in [0.05, 0.1) is 0 Å². The van der Waals surface area contributed by atoms with Crippen LogP contribution in [0.5, 0.6) is 0 Å². The van der Waals surface area contributed by atoms with Gasteiger partial charge in [-0.25, -0.2) is 0 Å². The van der Waals surface area contributed by atoms with Crippen LogP contribution in [0.1, 0.15) is 20.3 Å². The van der Waals surface area contributed by atoms with Crippen LogP contribution in [0.3, 0.4) is 0 Å². The van der Waals surface area contributed by atoms with Crippen LogP contribution in [0.15, 0.2) is 0 Å². The molecule has 11 heavy (non-hydrogen) atoms. The average Bonchev–Trinajstić information content (AvgIpc) is 2.05. The zero-order valence-corrected chi connectivity index (χ0v) is 7.90. The lowest BCUT2D eigenvalue weighted by molar-refractivity contribution is 0.303. The van der Waals surface area contributed by atoms with Crippen molar-refractivity contribution >= 4 is 0 Å². The fraction of sp³-hybridized carbons (Fsp3) is 0.889. The van der Waals surface area contributed by atoms with Crippen LogP contribution in [0.2, 0.25) is 0 Å². The van der Waals surface area contributed by atoms with Gasteiger partial charge in [-0.05, 0) is 26.1 Å². The van der Waals surface area contributed by atoms with Crippen LogP contribution in [0, 0.1) is 6.92 Å². The van der Waals surface area contributed by atoms with Gasteiger partial charge in [-0.3, -0.25) is 0 Å². The van der Waals surface area contributed by atoms with Crippen molar-refractivity contribution in [2.24, 2.45) is 0 Å². The SMILES string of the molecule is [CH2]CCNCCN(CC)CC. The summed E-state index contributed by atoms with van der Waals surface area (Å²) in [4.78, 5) is 2.41. The van der Waals surface area contributed by atoms with Crippen LogP contribution in [0.25, 0.3) is 0 Å². The van der Waals surface area contributed by atoms with Crippen molar-refractivity contribution in [3.63, 3.8) is 0 Å². The highest BCUT2D eigenvalue weighted by molar-refractivity contribution is 4.55. The first kappa shape index (κ1) is 10.9. The van der Waals surface area contributed by atoms with E-state index in [4.69, 9.17) is 0 Å². The van der Waals surface area contributed by atoms with Gasteiger partial charge < -0.3 is 10.2 Å². The van der Waals surface area contributed by atoms with E-state index in [-0.39, 0.29) is 0 Å². The third-order valence-corrected chi connectivity index (χ3v) is 1.85. The fourth-order valence-corrected chi connectivity index (χ4v) is 1.03. The van der Waals surface area contributed by atoms with Crippen molar-refractivity contribution in [2.75, 3.05) is 32.7 Å². The van der Waals surface area contributed by atoms with Gasteiger partial charge in [0.1, 0.15) is 0 Å². The smallest absolute Gasteiger partial charge is 0.0107 e. The second-order valence-electron chi connectivity index (χ2n) is 2.63. The molecule has 0 atom stereocenters. The maximum absolute atomic E-state index is 3.77. The monoisotopic (exact) mass is 157 g/mol. The summed E-state index contributed by atoms with van der Waals surface area (Å²) < 4.78 is 0. The zero-order chi connectivity index (χ0) is 8.53. The Kier molecular flexibility index (Phi) is 7.96. The van der Waals surface area contributed by atoms with Crippen molar-refractivity contribution in [1.29, 1.82) is 0 Å². The van der Waals surface area contributed by atoms with Gasteiger partial charge in [0, 0.05) is 13.1 Å². The lowest BCUT2D eigenvalue weighted by Gasteiger charge is -2.17. The zero-order valence-electron chi connectivity index (χ0n) is 7.90. The Morgan fingerprint density at radius 3 is 2.27 bits per heavy atom. The van der Waals surface area contributed by atoms with E-state index in [9.17, 15) is 0 Å². The highest BCUT2D eigenvalue weighted by Gasteiger charge is 1.95. The molecule has 0 fully saturated rings. The second-order valence-corrected chi connectivity index (χ2v) is 2.63. The molecule has 0 aromatic heterocycles. The molecule has 0 aliphatic carbocycles. The van der Waals surface area contributed by atoms with E-state index in [2.05, 4.69) is 31.0 Å². The molecule has 67 valence electrons. The Labute approximate surface area is 71.0 Å². The first-order valence-corrected chi connectivity index (χ1v) is 4.57. The highest BCUT2D eigenvalue weighted by Crippen LogP contribution is 1.83. The van der Waals surface area contributed by atoms with Crippen molar-refractivity contribution in [3.8, 4) is 0 Å². The summed E-state index contributed by atoms with van der Waals surface area (Å²) in [5, 5.41) is 3.33. The predicted octanol–water partition coefficient (Wildman–Crippen LogP) is 1.14. The largest absolute Gasteiger partial charge is 0.315 e. The van der Waals surface area contributed by atoms with E-state index < -0.39 is 0 Å². The Bertz CT molecular complexity index is 70.0. The summed E-state index contributed by atoms with van der Waals surface area (Å²) in [6, 6.07) is 0. The molecule has 2 nitrogen and oxygen atoms in total. The summed E-state index contributed by atoms with van der Waals surface area (Å²) in [7, 11) is 0. The molecule has 0 aromatic rings. The molecule has 0 aliphatic heterocycles. The minimum Gasteiger partial charge on any atom is -0.315 e. The standard InChI is InChI=1S/C9H21N2/c1-4-7-10-8-9-11(5-2)6-3/h10H,1,4-9H2,2-3H3. The summed E-state index contributed by atoms with van der Waals surface area (Å²) in [5.41, 5.74) is 0. The van der Waals surface area contributed by atoms with Gasteiger partial charge >= 0.3 is 0 Å². The van der Waals surface area contributed by atoms with E-state index in [1.165, 1.54) is 0 Å². The molecule has 0 bridgehead atoms. The molecular weight excluding hydrogens is 136 g/mol. The Hall–Kier alpha value is -0.0800. The first-order valence-electron chi connectivity index (χ1n) is 4.57. The summed E-state index contributed by atoms with van der Waals surface area (Å²) in [5.74, 6) is 0. The number of nitrogens with zero attached hydrogens (tertiary/aromatic N) is 1. The minimum absolute atomic E-state index is 0.984.